The summed E-state index contributed by atoms with van der Waals surface area (Å²) in [5.41, 5.74) is 3.73. The van der Waals surface area contributed by atoms with E-state index in [9.17, 15) is 13.2 Å². The number of benzene rings is 1. The van der Waals surface area contributed by atoms with Crippen LogP contribution in [-0.4, -0.2) is 24.5 Å². The van der Waals surface area contributed by atoms with Crippen molar-refractivity contribution in [2.45, 2.75) is 24.4 Å². The number of hydrogen-bond donors (Lipinski definition) is 1. The van der Waals surface area contributed by atoms with E-state index in [-0.39, 0.29) is 5.41 Å². The monoisotopic (exact) mass is 383 g/mol. The van der Waals surface area contributed by atoms with Gasteiger partial charge in [0.1, 0.15) is 12.2 Å². The molecule has 8 heteroatoms. The van der Waals surface area contributed by atoms with Gasteiger partial charge in [0.15, 0.2) is 5.69 Å². The molecular weight excluding hydrogens is 367 g/mol. The van der Waals surface area contributed by atoms with Crippen LogP contribution in [-0.2, 0) is 18.6 Å². The molecule has 0 saturated heterocycles. The largest absolute Gasteiger partial charge is 0.434 e. The third-order valence-corrected chi connectivity index (χ3v) is 5.47. The first kappa shape index (κ1) is 17.0. The molecule has 3 aromatic heterocycles. The van der Waals surface area contributed by atoms with E-state index in [1.165, 1.54) is 10.9 Å². The van der Waals surface area contributed by atoms with Gasteiger partial charge in [-0.25, -0.2) is 15.0 Å². The lowest BCUT2D eigenvalue weighted by atomic mass is 9.88. The Morgan fingerprint density at radius 1 is 1.14 bits per heavy atom. The summed E-state index contributed by atoms with van der Waals surface area (Å²) in [5.74, 6) is 0.295. The lowest BCUT2D eigenvalue weighted by molar-refractivity contribution is -0.140. The summed E-state index contributed by atoms with van der Waals surface area (Å²) in [6.07, 6.45) is 3.84. The van der Waals surface area contributed by atoms with Crippen molar-refractivity contribution in [1.29, 1.82) is 0 Å². The van der Waals surface area contributed by atoms with E-state index in [1.807, 2.05) is 30.5 Å². The highest BCUT2D eigenvalue weighted by Gasteiger charge is 2.47. The standard InChI is InChI=1S/C20H16F3N5/c1-28-10-16(20(21,22)23)27-18(28)12-2-4-13(5-3-12)19(6-7-19)14-8-25-15-9-24-11-26-17(14)15/h2-5,8-11,25H,6-7H2,1H3. The number of halogens is 3. The number of fused-ring (bicyclic) bond motifs is 1. The first-order valence-electron chi connectivity index (χ1n) is 8.87. The number of H-pyrrole nitrogens is 1. The fourth-order valence-electron chi connectivity index (χ4n) is 3.88. The first-order valence-corrected chi connectivity index (χ1v) is 8.87. The second-order valence-electron chi connectivity index (χ2n) is 7.21. The highest BCUT2D eigenvalue weighted by atomic mass is 19.4. The fraction of sp³-hybridized carbons (Fsp3) is 0.250. The number of nitrogens with zero attached hydrogens (tertiary/aromatic N) is 4. The van der Waals surface area contributed by atoms with E-state index >= 15 is 0 Å². The molecule has 4 aromatic rings. The normalized spacial score (nSPS) is 15.9. The summed E-state index contributed by atoms with van der Waals surface area (Å²) >= 11 is 0. The van der Waals surface area contributed by atoms with Crippen LogP contribution in [0.1, 0.15) is 29.7 Å². The van der Waals surface area contributed by atoms with Crippen molar-refractivity contribution in [1.82, 2.24) is 24.5 Å². The van der Waals surface area contributed by atoms with E-state index in [1.54, 1.807) is 13.2 Å². The molecule has 0 radical (unpaired) electrons. The summed E-state index contributed by atoms with van der Waals surface area (Å²) < 4.78 is 40.2. The summed E-state index contributed by atoms with van der Waals surface area (Å²) in [5, 5.41) is 0. The third kappa shape index (κ3) is 2.51. The Bertz CT molecular complexity index is 1170. The molecule has 0 amide bonds. The quantitative estimate of drug-likeness (QED) is 0.568. The molecule has 142 valence electrons. The SMILES string of the molecule is Cn1cc(C(F)(F)F)nc1-c1ccc(C2(c3c[nH]c4cncnc34)CC2)cc1. The van der Waals surface area contributed by atoms with Gasteiger partial charge in [-0.15, -0.1) is 0 Å². The smallest absolute Gasteiger partial charge is 0.358 e. The minimum Gasteiger partial charge on any atom is -0.358 e. The van der Waals surface area contributed by atoms with Crippen LogP contribution < -0.4 is 0 Å². The Labute approximate surface area is 158 Å². The van der Waals surface area contributed by atoms with Crippen molar-refractivity contribution in [2.75, 3.05) is 0 Å². The highest BCUT2D eigenvalue weighted by molar-refractivity contribution is 5.81. The topological polar surface area (TPSA) is 59.4 Å². The van der Waals surface area contributed by atoms with Crippen LogP contribution in [0.2, 0.25) is 0 Å². The molecule has 0 atom stereocenters. The van der Waals surface area contributed by atoms with Crippen LogP contribution in [0.4, 0.5) is 13.2 Å². The molecule has 0 bridgehead atoms. The van der Waals surface area contributed by atoms with Crippen molar-refractivity contribution >= 4 is 11.0 Å². The molecule has 0 spiro atoms. The maximum atomic E-state index is 12.9. The summed E-state index contributed by atoms with van der Waals surface area (Å²) in [6.45, 7) is 0. The average molecular weight is 383 g/mol. The van der Waals surface area contributed by atoms with Crippen LogP contribution in [0.15, 0.2) is 49.2 Å². The van der Waals surface area contributed by atoms with Gasteiger partial charge in [-0.1, -0.05) is 24.3 Å². The van der Waals surface area contributed by atoms with Gasteiger partial charge in [0.2, 0.25) is 0 Å². The molecule has 0 unspecified atom stereocenters. The summed E-state index contributed by atoms with van der Waals surface area (Å²) in [4.78, 5) is 15.4. The Morgan fingerprint density at radius 2 is 1.89 bits per heavy atom. The second-order valence-corrected chi connectivity index (χ2v) is 7.21. The Hall–Kier alpha value is -3.16. The minimum absolute atomic E-state index is 0.107. The minimum atomic E-state index is -4.45. The van der Waals surface area contributed by atoms with Crippen molar-refractivity contribution in [3.63, 3.8) is 0 Å². The van der Waals surface area contributed by atoms with Gasteiger partial charge in [0, 0.05) is 36.0 Å². The predicted octanol–water partition coefficient (Wildman–Crippen LogP) is 4.46. The fourth-order valence-corrected chi connectivity index (χ4v) is 3.88. The molecule has 5 rings (SSSR count). The van der Waals surface area contributed by atoms with Crippen LogP contribution in [0.3, 0.4) is 0 Å². The molecule has 1 aliphatic rings. The van der Waals surface area contributed by atoms with E-state index in [4.69, 9.17) is 0 Å². The zero-order valence-electron chi connectivity index (χ0n) is 15.0. The Balaban J connectivity index is 1.52. The molecule has 1 aromatic carbocycles. The van der Waals surface area contributed by atoms with Crippen molar-refractivity contribution in [3.8, 4) is 11.4 Å². The average Bonchev–Trinajstić information content (AvgIpc) is 3.19. The molecule has 1 aliphatic carbocycles. The molecule has 5 nitrogen and oxygen atoms in total. The number of nitrogens with one attached hydrogen (secondary N) is 1. The Morgan fingerprint density at radius 3 is 2.54 bits per heavy atom. The third-order valence-electron chi connectivity index (χ3n) is 5.47. The number of aryl methyl sites for hydroxylation is 1. The van der Waals surface area contributed by atoms with E-state index < -0.39 is 11.9 Å². The van der Waals surface area contributed by atoms with Crippen LogP contribution in [0, 0.1) is 0 Å². The molecule has 28 heavy (non-hydrogen) atoms. The van der Waals surface area contributed by atoms with Crippen LogP contribution >= 0.6 is 0 Å². The van der Waals surface area contributed by atoms with Crippen LogP contribution in [0.5, 0.6) is 0 Å². The molecule has 1 saturated carbocycles. The maximum Gasteiger partial charge on any atom is 0.434 e. The zero-order chi connectivity index (χ0) is 19.5. The second kappa shape index (κ2) is 5.67. The number of imidazole rings is 1. The van der Waals surface area contributed by atoms with E-state index in [2.05, 4.69) is 19.9 Å². The summed E-state index contributed by atoms with van der Waals surface area (Å²) in [6, 6.07) is 7.62. The van der Waals surface area contributed by atoms with Gasteiger partial charge in [-0.2, -0.15) is 13.2 Å². The lowest BCUT2D eigenvalue weighted by Gasteiger charge is -2.15. The number of rotatable bonds is 3. The van der Waals surface area contributed by atoms with Gasteiger partial charge in [-0.3, -0.25) is 0 Å². The number of alkyl halides is 3. The number of aromatic amines is 1. The highest BCUT2D eigenvalue weighted by Crippen LogP contribution is 2.55. The predicted molar refractivity (Wildman–Crippen MR) is 97.5 cm³/mol. The number of aromatic nitrogens is 5. The molecule has 0 aliphatic heterocycles. The molecule has 3 heterocycles. The summed E-state index contributed by atoms with van der Waals surface area (Å²) in [7, 11) is 1.57. The lowest BCUT2D eigenvalue weighted by Crippen LogP contribution is -2.08. The van der Waals surface area contributed by atoms with Gasteiger partial charge >= 0.3 is 6.18 Å². The molecule has 1 N–H and O–H groups in total. The molecule has 1 fully saturated rings. The first-order chi connectivity index (χ1) is 13.4. The molecular formula is C20H16F3N5. The number of hydrogen-bond acceptors (Lipinski definition) is 3. The Kier molecular flexibility index (Phi) is 3.44. The van der Waals surface area contributed by atoms with Crippen molar-refractivity contribution in [2.24, 2.45) is 7.05 Å². The van der Waals surface area contributed by atoms with E-state index in [0.29, 0.717) is 11.4 Å². The van der Waals surface area contributed by atoms with Gasteiger partial charge in [0.25, 0.3) is 0 Å². The van der Waals surface area contributed by atoms with Gasteiger partial charge in [0.05, 0.1) is 17.2 Å². The zero-order valence-corrected chi connectivity index (χ0v) is 15.0. The van der Waals surface area contributed by atoms with Crippen molar-refractivity contribution in [3.05, 3.63) is 66.0 Å². The van der Waals surface area contributed by atoms with Gasteiger partial charge < -0.3 is 9.55 Å². The van der Waals surface area contributed by atoms with Gasteiger partial charge in [-0.05, 0) is 18.4 Å². The van der Waals surface area contributed by atoms with E-state index in [0.717, 1.165) is 41.2 Å². The van der Waals surface area contributed by atoms with Crippen LogP contribution in [0.25, 0.3) is 22.4 Å². The maximum absolute atomic E-state index is 12.9. The van der Waals surface area contributed by atoms with Crippen molar-refractivity contribution < 1.29 is 13.2 Å².